The van der Waals surface area contributed by atoms with Gasteiger partial charge in [0.25, 0.3) is 0 Å². The first-order chi connectivity index (χ1) is 15.2. The number of carbonyl (C=O) groups is 1. The topological polar surface area (TPSA) is 75.7 Å². The number of rotatable bonds is 8. The van der Waals surface area contributed by atoms with Crippen LogP contribution in [0, 0.1) is 6.92 Å². The van der Waals surface area contributed by atoms with E-state index in [4.69, 9.17) is 27.9 Å². The third-order valence-electron chi connectivity index (χ3n) is 4.66. The van der Waals surface area contributed by atoms with Crippen LogP contribution < -0.4 is 10.1 Å². The maximum atomic E-state index is 13.6. The molecular formula is C23H22Cl2N2O4S. The van der Waals surface area contributed by atoms with Crippen LogP contribution in [0.5, 0.6) is 5.75 Å². The third kappa shape index (κ3) is 5.81. The predicted octanol–water partition coefficient (Wildman–Crippen LogP) is 5.14. The van der Waals surface area contributed by atoms with E-state index in [-0.39, 0.29) is 22.2 Å². The quantitative estimate of drug-likeness (QED) is 0.472. The minimum atomic E-state index is -4.07. The summed E-state index contributed by atoms with van der Waals surface area (Å²) in [6, 6.07) is 18.6. The second-order valence-corrected chi connectivity index (χ2v) is 9.81. The van der Waals surface area contributed by atoms with Crippen molar-refractivity contribution in [3.05, 3.63) is 87.9 Å². The molecule has 6 nitrogen and oxygen atoms in total. The number of nitrogens with one attached hydrogen (secondary N) is 1. The molecule has 0 heterocycles. The van der Waals surface area contributed by atoms with Crippen LogP contribution in [0.2, 0.25) is 10.0 Å². The van der Waals surface area contributed by atoms with Crippen LogP contribution in [0.25, 0.3) is 0 Å². The highest BCUT2D eigenvalue weighted by Crippen LogP contribution is 2.29. The van der Waals surface area contributed by atoms with Gasteiger partial charge in [0, 0.05) is 12.2 Å². The Morgan fingerprint density at radius 2 is 1.72 bits per heavy atom. The van der Waals surface area contributed by atoms with Crippen molar-refractivity contribution in [2.45, 2.75) is 18.4 Å². The largest absolute Gasteiger partial charge is 0.495 e. The van der Waals surface area contributed by atoms with E-state index < -0.39 is 22.5 Å². The van der Waals surface area contributed by atoms with Crippen molar-refractivity contribution in [1.29, 1.82) is 0 Å². The number of amides is 1. The molecular weight excluding hydrogens is 471 g/mol. The molecule has 0 aliphatic heterocycles. The Labute approximate surface area is 197 Å². The van der Waals surface area contributed by atoms with Gasteiger partial charge in [0.05, 0.1) is 23.7 Å². The van der Waals surface area contributed by atoms with Gasteiger partial charge in [-0.3, -0.25) is 4.79 Å². The first-order valence-corrected chi connectivity index (χ1v) is 11.8. The molecule has 0 bridgehead atoms. The number of sulfonamides is 1. The van der Waals surface area contributed by atoms with Gasteiger partial charge < -0.3 is 10.1 Å². The molecule has 3 aromatic carbocycles. The summed E-state index contributed by atoms with van der Waals surface area (Å²) in [4.78, 5) is 12.8. The smallest absolute Gasteiger partial charge is 0.247 e. The fraction of sp³-hybridized carbons (Fsp3) is 0.174. The number of anilines is 1. The van der Waals surface area contributed by atoms with E-state index in [2.05, 4.69) is 5.32 Å². The summed E-state index contributed by atoms with van der Waals surface area (Å²) < 4.78 is 33.6. The molecule has 0 radical (unpaired) electrons. The van der Waals surface area contributed by atoms with Gasteiger partial charge in [0.15, 0.2) is 0 Å². The van der Waals surface area contributed by atoms with Crippen molar-refractivity contribution in [3.8, 4) is 5.75 Å². The summed E-state index contributed by atoms with van der Waals surface area (Å²) in [5.41, 5.74) is 1.91. The number of hydrogen-bond acceptors (Lipinski definition) is 4. The Bertz CT molecular complexity index is 1220. The van der Waals surface area contributed by atoms with Crippen LogP contribution in [0.3, 0.4) is 0 Å². The Morgan fingerprint density at radius 1 is 1.00 bits per heavy atom. The monoisotopic (exact) mass is 492 g/mol. The van der Waals surface area contributed by atoms with Crippen LogP contribution >= 0.6 is 23.2 Å². The van der Waals surface area contributed by atoms with Crippen LogP contribution in [-0.2, 0) is 21.4 Å². The molecule has 0 unspecified atom stereocenters. The first kappa shape index (κ1) is 24.1. The van der Waals surface area contributed by atoms with Crippen molar-refractivity contribution in [1.82, 2.24) is 4.31 Å². The summed E-state index contributed by atoms with van der Waals surface area (Å²) in [5.74, 6) is -0.312. The zero-order chi connectivity index (χ0) is 23.3. The van der Waals surface area contributed by atoms with Gasteiger partial charge >= 0.3 is 0 Å². The maximum absolute atomic E-state index is 13.6. The lowest BCUT2D eigenvalue weighted by atomic mass is 10.2. The second-order valence-electron chi connectivity index (χ2n) is 7.09. The highest BCUT2D eigenvalue weighted by atomic mass is 35.5. The summed E-state index contributed by atoms with van der Waals surface area (Å²) in [5, 5.41) is 3.30. The molecule has 0 spiro atoms. The van der Waals surface area contributed by atoms with Crippen molar-refractivity contribution in [2.24, 2.45) is 0 Å². The van der Waals surface area contributed by atoms with E-state index in [1.54, 1.807) is 43.3 Å². The van der Waals surface area contributed by atoms with E-state index in [1.165, 1.54) is 19.2 Å². The fourth-order valence-electron chi connectivity index (χ4n) is 3.07. The fourth-order valence-corrected chi connectivity index (χ4v) is 5.00. The van der Waals surface area contributed by atoms with E-state index >= 15 is 0 Å². The molecule has 32 heavy (non-hydrogen) atoms. The summed E-state index contributed by atoms with van der Waals surface area (Å²) in [6.07, 6.45) is 0. The number of carbonyl (C=O) groups excluding carboxylic acids is 1. The van der Waals surface area contributed by atoms with Crippen LogP contribution in [0.1, 0.15) is 11.1 Å². The molecule has 168 valence electrons. The minimum Gasteiger partial charge on any atom is -0.495 e. The molecule has 0 aliphatic rings. The highest BCUT2D eigenvalue weighted by Gasteiger charge is 2.30. The number of hydrogen-bond donors (Lipinski definition) is 1. The van der Waals surface area contributed by atoms with Crippen LogP contribution in [0.4, 0.5) is 5.69 Å². The lowest BCUT2D eigenvalue weighted by Gasteiger charge is -2.23. The zero-order valence-corrected chi connectivity index (χ0v) is 19.8. The molecule has 1 N–H and O–H groups in total. The number of halogens is 2. The molecule has 0 saturated carbocycles. The Kier molecular flexibility index (Phi) is 7.79. The van der Waals surface area contributed by atoms with Gasteiger partial charge in [-0.05, 0) is 48.4 Å². The van der Waals surface area contributed by atoms with Crippen molar-refractivity contribution < 1.29 is 17.9 Å². The molecule has 3 rings (SSSR count). The van der Waals surface area contributed by atoms with Gasteiger partial charge in [0.1, 0.15) is 10.6 Å². The minimum absolute atomic E-state index is 0.00160. The average Bonchev–Trinajstić information content (AvgIpc) is 2.76. The molecule has 1 amide bonds. The molecule has 0 atom stereocenters. The van der Waals surface area contributed by atoms with Crippen LogP contribution in [0.15, 0.2) is 71.6 Å². The molecule has 0 aliphatic carbocycles. The van der Waals surface area contributed by atoms with E-state index in [0.29, 0.717) is 10.7 Å². The third-order valence-corrected chi connectivity index (χ3v) is 7.21. The predicted molar refractivity (Wildman–Crippen MR) is 127 cm³/mol. The molecule has 3 aromatic rings. The SMILES string of the molecule is COc1ccc(C)cc1S(=O)(=O)N(CC(=O)Nc1ccc(Cl)c(Cl)c1)Cc1ccccc1. The zero-order valence-electron chi connectivity index (χ0n) is 17.5. The number of benzene rings is 3. The molecule has 0 fully saturated rings. The second kappa shape index (κ2) is 10.4. The van der Waals surface area contributed by atoms with E-state index in [9.17, 15) is 13.2 Å². The summed E-state index contributed by atoms with van der Waals surface area (Å²) in [6.45, 7) is 1.39. The normalized spacial score (nSPS) is 11.4. The standard InChI is InChI=1S/C23H22Cl2N2O4S/c1-16-8-11-21(31-2)22(12-16)32(29,30)27(14-17-6-4-3-5-7-17)15-23(28)26-18-9-10-19(24)20(25)13-18/h3-13H,14-15H2,1-2H3,(H,26,28). The number of nitrogens with zero attached hydrogens (tertiary/aromatic N) is 1. The molecule has 0 aromatic heterocycles. The van der Waals surface area contributed by atoms with Gasteiger partial charge in [-0.2, -0.15) is 4.31 Å². The lowest BCUT2D eigenvalue weighted by molar-refractivity contribution is -0.116. The summed E-state index contributed by atoms with van der Waals surface area (Å²) in [7, 11) is -2.66. The average molecular weight is 493 g/mol. The van der Waals surface area contributed by atoms with Gasteiger partial charge in [-0.15, -0.1) is 0 Å². The molecule has 0 saturated heterocycles. The van der Waals surface area contributed by atoms with Gasteiger partial charge in [-0.25, -0.2) is 8.42 Å². The lowest BCUT2D eigenvalue weighted by Crippen LogP contribution is -2.37. The first-order valence-electron chi connectivity index (χ1n) is 9.64. The molecule has 9 heteroatoms. The summed E-state index contributed by atoms with van der Waals surface area (Å²) >= 11 is 11.9. The van der Waals surface area contributed by atoms with Crippen molar-refractivity contribution >= 4 is 44.8 Å². The number of aryl methyl sites for hydroxylation is 1. The Morgan fingerprint density at radius 3 is 2.38 bits per heavy atom. The van der Waals surface area contributed by atoms with E-state index in [0.717, 1.165) is 15.4 Å². The number of methoxy groups -OCH3 is 1. The van der Waals surface area contributed by atoms with Gasteiger partial charge in [0.2, 0.25) is 15.9 Å². The van der Waals surface area contributed by atoms with Crippen molar-refractivity contribution in [3.63, 3.8) is 0 Å². The Balaban J connectivity index is 1.93. The van der Waals surface area contributed by atoms with Gasteiger partial charge in [-0.1, -0.05) is 59.6 Å². The van der Waals surface area contributed by atoms with E-state index in [1.807, 2.05) is 18.2 Å². The Hall–Kier alpha value is -2.58. The highest BCUT2D eigenvalue weighted by molar-refractivity contribution is 7.89. The van der Waals surface area contributed by atoms with Crippen molar-refractivity contribution in [2.75, 3.05) is 19.0 Å². The number of ether oxygens (including phenoxy) is 1. The van der Waals surface area contributed by atoms with Crippen LogP contribution in [-0.4, -0.2) is 32.3 Å². The maximum Gasteiger partial charge on any atom is 0.247 e.